The molecule has 6 heterocycles. The predicted octanol–water partition coefficient (Wildman–Crippen LogP) is 6.80. The van der Waals surface area contributed by atoms with Crippen LogP contribution < -0.4 is 0 Å². The molecule has 0 saturated carbocycles. The van der Waals surface area contributed by atoms with Crippen molar-refractivity contribution in [3.05, 3.63) is 81.7 Å². The van der Waals surface area contributed by atoms with Gasteiger partial charge in [0.05, 0.1) is 46.5 Å². The van der Waals surface area contributed by atoms with E-state index in [1.807, 2.05) is 57.1 Å². The summed E-state index contributed by atoms with van der Waals surface area (Å²) in [6.45, 7) is 15.1. The van der Waals surface area contributed by atoms with Crippen molar-refractivity contribution in [1.82, 2.24) is 29.7 Å². The van der Waals surface area contributed by atoms with Gasteiger partial charge in [-0.15, -0.1) is 0 Å². The smallest absolute Gasteiger partial charge is 0.305 e. The fourth-order valence-electron chi connectivity index (χ4n) is 7.31. The molecule has 48 heavy (non-hydrogen) atoms. The molecule has 2 atom stereocenters. The number of amides is 2. The normalized spacial score (nSPS) is 18.2. The van der Waals surface area contributed by atoms with Gasteiger partial charge in [-0.2, -0.15) is 0 Å². The molecule has 6 rings (SSSR count). The number of rotatable bonds is 8. The SMILES string of the molecule is C=CC1=C(C)c2cc3[nH]c(c4c5[nH]c(cc6nc(cc1n2)C(C)=C6CC)c(C)c5C(=O)N(CCN(C)C)C4=O)[C@@H](CCC(=O)OC)[C@@H]3C. The van der Waals surface area contributed by atoms with Crippen molar-refractivity contribution in [2.45, 2.75) is 65.7 Å². The van der Waals surface area contributed by atoms with Gasteiger partial charge in [0.15, 0.2) is 0 Å². The summed E-state index contributed by atoms with van der Waals surface area (Å²) in [6.07, 6.45) is 3.24. The molecule has 0 aliphatic carbocycles. The highest BCUT2D eigenvalue weighted by Gasteiger charge is 2.40. The summed E-state index contributed by atoms with van der Waals surface area (Å²) in [7, 11) is 5.21. The number of esters is 1. The third-order valence-corrected chi connectivity index (χ3v) is 10.2. The van der Waals surface area contributed by atoms with E-state index in [9.17, 15) is 14.4 Å². The number of hydrogen-bond donors (Lipinski definition) is 2. The first-order valence-electron chi connectivity index (χ1n) is 16.6. The van der Waals surface area contributed by atoms with Crippen LogP contribution in [0.5, 0.6) is 0 Å². The number of imide groups is 1. The standard InChI is InChI=1S/C38H44N6O4/c1-10-23-19(3)26-16-28-21(5)25(12-13-32(45)48-9)35(41-28)34-36-33(37(46)44(38(34)47)15-14-43(7)8)22(6)29(42-36)18-31-24(11-2)20(4)27(40-31)17-30(23)39-26/h10,16-18,21,25,41-42H,1,11-15H2,2-9H3/t21-,25-/m0/s1. The van der Waals surface area contributed by atoms with E-state index in [4.69, 9.17) is 14.7 Å². The Morgan fingerprint density at radius 2 is 1.69 bits per heavy atom. The van der Waals surface area contributed by atoms with Crippen LogP contribution in [0.4, 0.5) is 0 Å². The van der Waals surface area contributed by atoms with E-state index in [1.54, 1.807) is 0 Å². The van der Waals surface area contributed by atoms with E-state index in [1.165, 1.54) is 12.0 Å². The van der Waals surface area contributed by atoms with Crippen LogP contribution in [-0.4, -0.2) is 81.8 Å². The highest BCUT2D eigenvalue weighted by Crippen LogP contribution is 2.44. The van der Waals surface area contributed by atoms with Crippen LogP contribution in [0.3, 0.4) is 0 Å². The lowest BCUT2D eigenvalue weighted by molar-refractivity contribution is -0.140. The number of ether oxygens (including phenoxy) is 1. The minimum absolute atomic E-state index is 0.0945. The maximum Gasteiger partial charge on any atom is 0.305 e. The quantitative estimate of drug-likeness (QED) is 0.238. The molecule has 0 aromatic carbocycles. The van der Waals surface area contributed by atoms with E-state index in [2.05, 4.69) is 37.3 Å². The molecule has 0 radical (unpaired) electrons. The highest BCUT2D eigenvalue weighted by molar-refractivity contribution is 6.23. The number of nitrogens with zero attached hydrogens (tertiary/aromatic N) is 4. The molecule has 0 fully saturated rings. The van der Waals surface area contributed by atoms with E-state index in [0.717, 1.165) is 68.3 Å². The number of H-pyrrole nitrogens is 2. The molecule has 250 valence electrons. The van der Waals surface area contributed by atoms with E-state index in [0.29, 0.717) is 35.3 Å². The lowest BCUT2D eigenvalue weighted by Gasteiger charge is -2.28. The van der Waals surface area contributed by atoms with Crippen molar-refractivity contribution in [3.8, 4) is 0 Å². The summed E-state index contributed by atoms with van der Waals surface area (Å²) in [6, 6.07) is 6.04. The maximum atomic E-state index is 14.5. The first-order chi connectivity index (χ1) is 22.9. The topological polar surface area (TPSA) is 124 Å². The number of carbonyl (C=O) groups excluding carboxylic acids is 3. The van der Waals surface area contributed by atoms with Gasteiger partial charge in [0.25, 0.3) is 11.8 Å². The molecular formula is C38H44N6O4. The largest absolute Gasteiger partial charge is 0.469 e. The number of fused-ring (bicyclic) bond motifs is 8. The summed E-state index contributed by atoms with van der Waals surface area (Å²) in [5.41, 5.74) is 11.8. The number of carbonyl (C=O) groups is 3. The van der Waals surface area contributed by atoms with E-state index >= 15 is 0 Å². The second kappa shape index (κ2) is 12.6. The van der Waals surface area contributed by atoms with Gasteiger partial charge < -0.3 is 19.6 Å². The number of allylic oxidation sites excluding steroid dienone is 5. The molecule has 2 amide bonds. The van der Waals surface area contributed by atoms with Gasteiger partial charge in [0.1, 0.15) is 0 Å². The number of aromatic amines is 2. The van der Waals surface area contributed by atoms with Crippen molar-refractivity contribution in [2.75, 3.05) is 34.3 Å². The first kappa shape index (κ1) is 33.1. The third-order valence-electron chi connectivity index (χ3n) is 10.2. The Kier molecular flexibility index (Phi) is 8.72. The molecule has 8 bridgehead atoms. The molecule has 2 N–H and O–H groups in total. The van der Waals surface area contributed by atoms with Crippen molar-refractivity contribution in [1.29, 1.82) is 0 Å². The average Bonchev–Trinajstić information content (AvgIpc) is 3.72. The van der Waals surface area contributed by atoms with Crippen LogP contribution in [0.25, 0.3) is 33.3 Å². The van der Waals surface area contributed by atoms with Crippen LogP contribution in [0.15, 0.2) is 30.9 Å². The lowest BCUT2D eigenvalue weighted by atomic mass is 9.84. The minimum atomic E-state index is -0.366. The molecule has 4 aliphatic heterocycles. The highest BCUT2D eigenvalue weighted by atomic mass is 16.5. The monoisotopic (exact) mass is 648 g/mol. The Labute approximate surface area is 281 Å². The van der Waals surface area contributed by atoms with Gasteiger partial charge in [0, 0.05) is 53.8 Å². The molecule has 4 aliphatic rings. The number of hydrogen-bond acceptors (Lipinski definition) is 7. The van der Waals surface area contributed by atoms with Crippen molar-refractivity contribution >= 4 is 51.1 Å². The molecule has 0 saturated heterocycles. The first-order valence-corrected chi connectivity index (χ1v) is 16.6. The van der Waals surface area contributed by atoms with Crippen LogP contribution in [0.2, 0.25) is 0 Å². The van der Waals surface area contributed by atoms with Gasteiger partial charge in [-0.05, 0) is 88.2 Å². The summed E-state index contributed by atoms with van der Waals surface area (Å²) in [5.74, 6) is -1.33. The van der Waals surface area contributed by atoms with Gasteiger partial charge >= 0.3 is 5.97 Å². The number of methoxy groups -OCH3 is 1. The zero-order valence-corrected chi connectivity index (χ0v) is 29.1. The molecule has 0 spiro atoms. The summed E-state index contributed by atoms with van der Waals surface area (Å²) in [5, 5.41) is 0. The Morgan fingerprint density at radius 3 is 2.35 bits per heavy atom. The van der Waals surface area contributed by atoms with Crippen LogP contribution in [0.1, 0.15) is 119 Å². The van der Waals surface area contributed by atoms with Gasteiger partial charge in [-0.3, -0.25) is 19.3 Å². The van der Waals surface area contributed by atoms with Gasteiger partial charge in [-0.1, -0.05) is 26.5 Å². The molecular weight excluding hydrogens is 604 g/mol. The predicted molar refractivity (Wildman–Crippen MR) is 189 cm³/mol. The van der Waals surface area contributed by atoms with Gasteiger partial charge in [-0.25, -0.2) is 9.97 Å². The van der Waals surface area contributed by atoms with Crippen molar-refractivity contribution in [2.24, 2.45) is 0 Å². The third kappa shape index (κ3) is 5.38. The zero-order chi connectivity index (χ0) is 34.6. The molecule has 2 aromatic heterocycles. The zero-order valence-electron chi connectivity index (χ0n) is 29.1. The van der Waals surface area contributed by atoms with Crippen LogP contribution in [0, 0.1) is 6.92 Å². The van der Waals surface area contributed by atoms with Crippen LogP contribution >= 0.6 is 0 Å². The lowest BCUT2D eigenvalue weighted by Crippen LogP contribution is -2.44. The van der Waals surface area contributed by atoms with E-state index < -0.39 is 0 Å². The number of likely N-dealkylation sites (N-methyl/N-ethyl adjacent to an activating group) is 1. The molecule has 2 aromatic rings. The summed E-state index contributed by atoms with van der Waals surface area (Å²) < 4.78 is 5.00. The number of nitrogens with one attached hydrogen (secondary N) is 2. The average molecular weight is 649 g/mol. The van der Waals surface area contributed by atoms with Crippen LogP contribution in [-0.2, 0) is 9.53 Å². The second-order valence-electron chi connectivity index (χ2n) is 13.3. The van der Waals surface area contributed by atoms with Gasteiger partial charge in [0.2, 0.25) is 0 Å². The van der Waals surface area contributed by atoms with E-state index in [-0.39, 0.29) is 42.6 Å². The summed E-state index contributed by atoms with van der Waals surface area (Å²) >= 11 is 0. The Hall–Kier alpha value is -4.83. The fourth-order valence-corrected chi connectivity index (χ4v) is 7.31. The number of aryl methyl sites for hydroxylation is 1. The van der Waals surface area contributed by atoms with Crippen molar-refractivity contribution in [3.63, 3.8) is 0 Å². The number of aromatic nitrogens is 4. The Balaban J connectivity index is 1.76. The molecule has 10 heteroatoms. The van der Waals surface area contributed by atoms with Crippen molar-refractivity contribution < 1.29 is 19.1 Å². The Bertz CT molecular complexity index is 2030. The maximum absolute atomic E-state index is 14.5. The minimum Gasteiger partial charge on any atom is -0.469 e. The molecule has 0 unspecified atom stereocenters. The summed E-state index contributed by atoms with van der Waals surface area (Å²) in [4.78, 5) is 61.7. The molecule has 10 nitrogen and oxygen atoms in total. The Morgan fingerprint density at radius 1 is 1.00 bits per heavy atom. The fraction of sp³-hybridized carbons (Fsp3) is 0.395. The second-order valence-corrected chi connectivity index (χ2v) is 13.3.